The smallest absolute Gasteiger partial charge is 0.415 e. The van der Waals surface area contributed by atoms with Gasteiger partial charge in [-0.15, -0.1) is 0 Å². The van der Waals surface area contributed by atoms with Crippen LogP contribution in [0.4, 0.5) is 10.6 Å². The summed E-state index contributed by atoms with van der Waals surface area (Å²) in [6.07, 6.45) is -0.256. The molecule has 2 aromatic heterocycles. The largest absolute Gasteiger partial charge is 0.443 e. The molecule has 3 heterocycles. The summed E-state index contributed by atoms with van der Waals surface area (Å²) in [7, 11) is 1.54. The number of hydrogen-bond acceptors (Lipinski definition) is 7. The van der Waals surface area contributed by atoms with Crippen LogP contribution in [0.15, 0.2) is 45.7 Å². The van der Waals surface area contributed by atoms with E-state index in [9.17, 15) is 14.4 Å². The van der Waals surface area contributed by atoms with Crippen LogP contribution in [0.25, 0.3) is 16.7 Å². The summed E-state index contributed by atoms with van der Waals surface area (Å²) in [4.78, 5) is 45.6. The Hall–Kier alpha value is -3.67. The van der Waals surface area contributed by atoms with E-state index in [1.807, 2.05) is 6.92 Å². The lowest BCUT2D eigenvalue weighted by Gasteiger charge is -2.34. The lowest BCUT2D eigenvalue weighted by atomic mass is 9.98. The van der Waals surface area contributed by atoms with Crippen LogP contribution in [-0.2, 0) is 17.7 Å². The highest BCUT2D eigenvalue weighted by atomic mass is 35.5. The van der Waals surface area contributed by atoms with Crippen LogP contribution in [0.5, 0.6) is 0 Å². The first-order valence-electron chi connectivity index (χ1n) is 12.7. The van der Waals surface area contributed by atoms with Gasteiger partial charge >= 0.3 is 6.09 Å². The Balaban J connectivity index is 1.46. The highest BCUT2D eigenvalue weighted by Gasteiger charge is 2.31. The van der Waals surface area contributed by atoms with Crippen molar-refractivity contribution in [3.8, 4) is 5.69 Å². The van der Waals surface area contributed by atoms with Crippen molar-refractivity contribution in [1.82, 2.24) is 19.6 Å². The maximum absolute atomic E-state index is 13.7. The van der Waals surface area contributed by atoms with Gasteiger partial charge in [0, 0.05) is 36.0 Å². The van der Waals surface area contributed by atoms with E-state index in [0.717, 1.165) is 0 Å². The van der Waals surface area contributed by atoms with Crippen molar-refractivity contribution < 1.29 is 18.8 Å². The summed E-state index contributed by atoms with van der Waals surface area (Å²) in [6, 6.07) is 9.51. The summed E-state index contributed by atoms with van der Waals surface area (Å²) in [5.41, 5.74) is 1.38. The van der Waals surface area contributed by atoms with Gasteiger partial charge in [-0.25, -0.2) is 4.79 Å². The van der Waals surface area contributed by atoms with Gasteiger partial charge in [0.1, 0.15) is 5.60 Å². The van der Waals surface area contributed by atoms with E-state index in [-0.39, 0.29) is 39.7 Å². The number of nitrogens with one attached hydrogen (secondary N) is 1. The molecular formula is C28H27Cl2N5O5S. The molecular weight excluding hydrogens is 589 g/mol. The van der Waals surface area contributed by atoms with Gasteiger partial charge in [0.25, 0.3) is 11.5 Å². The number of ether oxygens (including phenoxy) is 1. The first-order valence-corrected chi connectivity index (χ1v) is 13.9. The number of carbonyl (C=O) groups excluding carboxylic acids is 2. The number of hydrogen-bond donors (Lipinski definition) is 1. The molecule has 1 N–H and O–H groups in total. The number of aromatic amines is 1. The van der Waals surface area contributed by atoms with Crippen molar-refractivity contribution in [3.63, 3.8) is 0 Å². The Bertz CT molecular complexity index is 1820. The van der Waals surface area contributed by atoms with Crippen molar-refractivity contribution >= 4 is 64.2 Å². The van der Waals surface area contributed by atoms with E-state index < -0.39 is 11.7 Å². The van der Waals surface area contributed by atoms with Crippen molar-refractivity contribution in [1.29, 1.82) is 0 Å². The third-order valence-corrected chi connectivity index (χ3v) is 7.78. The number of halogens is 2. The fraction of sp³-hybridized carbons (Fsp3) is 0.321. The summed E-state index contributed by atoms with van der Waals surface area (Å²) < 4.78 is 12.5. The van der Waals surface area contributed by atoms with Gasteiger partial charge in [0.15, 0.2) is 16.2 Å². The Labute approximate surface area is 250 Å². The van der Waals surface area contributed by atoms with Crippen LogP contribution in [0, 0.1) is 4.77 Å². The molecule has 13 heteroatoms. The minimum absolute atomic E-state index is 0.162. The van der Waals surface area contributed by atoms with Gasteiger partial charge < -0.3 is 19.1 Å². The molecule has 1 aliphatic heterocycles. The van der Waals surface area contributed by atoms with E-state index in [0.29, 0.717) is 44.9 Å². The molecule has 214 valence electrons. The molecule has 4 aromatic rings. The molecule has 0 saturated carbocycles. The topological polar surface area (TPSA) is 114 Å². The predicted molar refractivity (Wildman–Crippen MR) is 159 cm³/mol. The van der Waals surface area contributed by atoms with Gasteiger partial charge in [-0.1, -0.05) is 28.4 Å². The summed E-state index contributed by atoms with van der Waals surface area (Å²) in [6.45, 7) is 7.39. The van der Waals surface area contributed by atoms with E-state index in [1.54, 1.807) is 63.1 Å². The van der Waals surface area contributed by atoms with Crippen LogP contribution in [0.3, 0.4) is 0 Å². The predicted octanol–water partition coefficient (Wildman–Crippen LogP) is 6.30. The van der Waals surface area contributed by atoms with Crippen LogP contribution in [0.1, 0.15) is 49.3 Å². The minimum atomic E-state index is -0.673. The average Bonchev–Trinajstić information content (AvgIpc) is 3.32. The van der Waals surface area contributed by atoms with Crippen LogP contribution in [0.2, 0.25) is 10.0 Å². The monoisotopic (exact) mass is 615 g/mol. The molecule has 0 radical (unpaired) electrons. The van der Waals surface area contributed by atoms with Crippen molar-refractivity contribution in [2.75, 3.05) is 11.9 Å². The minimum Gasteiger partial charge on any atom is -0.443 e. The Morgan fingerprint density at radius 2 is 1.90 bits per heavy atom. The summed E-state index contributed by atoms with van der Waals surface area (Å²) >= 11 is 17.7. The quantitative estimate of drug-likeness (QED) is 0.269. The summed E-state index contributed by atoms with van der Waals surface area (Å²) in [5.74, 6) is 0.0532. The maximum Gasteiger partial charge on any atom is 0.415 e. The van der Waals surface area contributed by atoms with E-state index in [2.05, 4.69) is 10.1 Å². The van der Waals surface area contributed by atoms with E-state index in [1.165, 1.54) is 15.5 Å². The third kappa shape index (κ3) is 5.49. The van der Waals surface area contributed by atoms with Crippen LogP contribution < -0.4 is 10.5 Å². The highest BCUT2D eigenvalue weighted by Crippen LogP contribution is 2.30. The number of H-pyrrole nitrogens is 1. The van der Waals surface area contributed by atoms with Gasteiger partial charge in [-0.3, -0.25) is 19.1 Å². The zero-order valence-corrected chi connectivity index (χ0v) is 25.3. The SMILES string of the molecule is C[C@@H]1Cc2c([nH]c(=S)n(-c3ccc4c(N(C)C(=O)OC(C)(C)C)noc4c3)c2=O)CN1C(=O)c1ccc(Cl)c(Cl)c1. The molecule has 0 bridgehead atoms. The third-order valence-electron chi connectivity index (χ3n) is 6.75. The molecule has 1 atom stereocenters. The zero-order valence-electron chi connectivity index (χ0n) is 22.9. The molecule has 0 saturated heterocycles. The van der Waals surface area contributed by atoms with Gasteiger partial charge in [-0.05, 0) is 76.7 Å². The number of fused-ring (bicyclic) bond motifs is 2. The normalized spacial score (nSPS) is 15.1. The standard InChI is InChI=1S/C28H27Cl2N5O5S/c1-14-10-18-21(13-34(14)24(36)15-6-9-19(29)20(30)11-15)31-26(41)35(25(18)37)16-7-8-17-22(12-16)40-32-23(17)33(5)27(38)39-28(2,3)4/h6-9,11-12,14H,10,13H2,1-5H3,(H,31,41)/t14-/m1/s1. The number of carbonyl (C=O) groups is 2. The van der Waals surface area contributed by atoms with E-state index >= 15 is 0 Å². The highest BCUT2D eigenvalue weighted by molar-refractivity contribution is 7.71. The molecule has 0 aliphatic carbocycles. The van der Waals surface area contributed by atoms with Crippen molar-refractivity contribution in [3.05, 3.63) is 78.4 Å². The molecule has 2 aromatic carbocycles. The first kappa shape index (κ1) is 28.8. The first-order chi connectivity index (χ1) is 19.2. The second kappa shape index (κ2) is 10.6. The number of amides is 2. The number of aromatic nitrogens is 3. The lowest BCUT2D eigenvalue weighted by Crippen LogP contribution is -2.45. The van der Waals surface area contributed by atoms with Crippen LogP contribution >= 0.6 is 35.4 Å². The van der Waals surface area contributed by atoms with Gasteiger partial charge in [0.05, 0.1) is 27.7 Å². The van der Waals surface area contributed by atoms with Gasteiger partial charge in [-0.2, -0.15) is 0 Å². The summed E-state index contributed by atoms with van der Waals surface area (Å²) in [5, 5.41) is 5.25. The number of anilines is 1. The van der Waals surface area contributed by atoms with E-state index in [4.69, 9.17) is 44.7 Å². The van der Waals surface area contributed by atoms with Gasteiger partial charge in [0.2, 0.25) is 0 Å². The molecule has 41 heavy (non-hydrogen) atoms. The molecule has 0 spiro atoms. The Kier molecular flexibility index (Phi) is 7.47. The molecule has 1 aliphatic rings. The molecule has 2 amide bonds. The zero-order chi connectivity index (χ0) is 29.8. The fourth-order valence-corrected chi connectivity index (χ4v) is 5.32. The Morgan fingerprint density at radius 1 is 1.17 bits per heavy atom. The average molecular weight is 617 g/mol. The number of benzene rings is 2. The van der Waals surface area contributed by atoms with Crippen molar-refractivity contribution in [2.45, 2.75) is 52.3 Å². The van der Waals surface area contributed by atoms with Crippen LogP contribution in [-0.4, -0.2) is 50.3 Å². The van der Waals surface area contributed by atoms with Crippen molar-refractivity contribution in [2.24, 2.45) is 0 Å². The number of nitrogens with zero attached hydrogens (tertiary/aromatic N) is 4. The second-order valence-corrected chi connectivity index (χ2v) is 12.1. The molecule has 10 nitrogen and oxygen atoms in total. The maximum atomic E-state index is 13.7. The molecule has 5 rings (SSSR count). The molecule has 0 fully saturated rings. The molecule has 0 unspecified atom stereocenters. The second-order valence-electron chi connectivity index (χ2n) is 10.9. The number of rotatable bonds is 3. The Morgan fingerprint density at radius 3 is 2.59 bits per heavy atom. The fourth-order valence-electron chi connectivity index (χ4n) is 4.71. The lowest BCUT2D eigenvalue weighted by molar-refractivity contribution is 0.0586.